The van der Waals surface area contributed by atoms with Crippen molar-refractivity contribution in [3.05, 3.63) is 18.0 Å². The van der Waals surface area contributed by atoms with E-state index in [-0.39, 0.29) is 11.9 Å². The molecule has 2 heterocycles. The SMILES string of the molecule is COC1CCN(c2nccc(/C(N)=N/O)n2)C1. The Hall–Kier alpha value is -1.89. The van der Waals surface area contributed by atoms with E-state index in [0.29, 0.717) is 11.6 Å². The summed E-state index contributed by atoms with van der Waals surface area (Å²) in [6.45, 7) is 1.61. The number of amidine groups is 1. The van der Waals surface area contributed by atoms with E-state index in [0.717, 1.165) is 19.5 Å². The van der Waals surface area contributed by atoms with Gasteiger partial charge in [0.1, 0.15) is 5.69 Å². The molecule has 1 fully saturated rings. The molecule has 1 aromatic heterocycles. The number of aromatic nitrogens is 2. The van der Waals surface area contributed by atoms with Gasteiger partial charge in [0.25, 0.3) is 0 Å². The Bertz CT molecular complexity index is 423. The topological polar surface area (TPSA) is 96.9 Å². The Kier molecular flexibility index (Phi) is 3.38. The van der Waals surface area contributed by atoms with E-state index < -0.39 is 0 Å². The molecule has 1 atom stereocenters. The third-order valence-electron chi connectivity index (χ3n) is 2.77. The number of methoxy groups -OCH3 is 1. The van der Waals surface area contributed by atoms with Gasteiger partial charge >= 0.3 is 0 Å². The molecule has 92 valence electrons. The lowest BCUT2D eigenvalue weighted by molar-refractivity contribution is 0.121. The zero-order valence-corrected chi connectivity index (χ0v) is 9.58. The minimum Gasteiger partial charge on any atom is -0.409 e. The molecule has 17 heavy (non-hydrogen) atoms. The summed E-state index contributed by atoms with van der Waals surface area (Å²) in [5.41, 5.74) is 5.90. The van der Waals surface area contributed by atoms with E-state index in [1.807, 2.05) is 4.90 Å². The Morgan fingerprint density at radius 3 is 3.18 bits per heavy atom. The fourth-order valence-electron chi connectivity index (χ4n) is 1.80. The first-order valence-electron chi connectivity index (χ1n) is 5.33. The van der Waals surface area contributed by atoms with Gasteiger partial charge in [-0.05, 0) is 12.5 Å². The summed E-state index contributed by atoms with van der Waals surface area (Å²) in [4.78, 5) is 10.4. The second-order valence-electron chi connectivity index (χ2n) is 3.82. The van der Waals surface area contributed by atoms with Crippen LogP contribution in [0.4, 0.5) is 5.95 Å². The Balaban J connectivity index is 2.17. The molecule has 0 aromatic carbocycles. The number of rotatable bonds is 3. The highest BCUT2D eigenvalue weighted by molar-refractivity contribution is 5.95. The first-order chi connectivity index (χ1) is 8.24. The van der Waals surface area contributed by atoms with E-state index in [9.17, 15) is 0 Å². The average Bonchev–Trinajstić information content (AvgIpc) is 2.86. The number of hydrogen-bond acceptors (Lipinski definition) is 6. The molecular weight excluding hydrogens is 222 g/mol. The zero-order chi connectivity index (χ0) is 12.3. The highest BCUT2D eigenvalue weighted by Gasteiger charge is 2.24. The Morgan fingerprint density at radius 1 is 1.71 bits per heavy atom. The Labute approximate surface area is 98.9 Å². The minimum atomic E-state index is -0.0175. The lowest BCUT2D eigenvalue weighted by Gasteiger charge is -2.16. The number of hydrogen-bond donors (Lipinski definition) is 2. The molecule has 2 rings (SSSR count). The summed E-state index contributed by atoms with van der Waals surface area (Å²) < 4.78 is 5.28. The Morgan fingerprint density at radius 2 is 2.53 bits per heavy atom. The van der Waals surface area contributed by atoms with Crippen LogP contribution in [0.1, 0.15) is 12.1 Å². The number of nitrogens with zero attached hydrogens (tertiary/aromatic N) is 4. The third kappa shape index (κ3) is 2.44. The molecular formula is C10H15N5O2. The monoisotopic (exact) mass is 237 g/mol. The standard InChI is InChI=1S/C10H15N5O2/c1-17-7-3-5-15(6-7)10-12-4-2-8(13-10)9(11)14-16/h2,4,7,16H,3,5-6H2,1H3,(H2,11,14). The van der Waals surface area contributed by atoms with Crippen molar-refractivity contribution < 1.29 is 9.94 Å². The highest BCUT2D eigenvalue weighted by atomic mass is 16.5. The van der Waals surface area contributed by atoms with Crippen LogP contribution in [-0.4, -0.2) is 47.3 Å². The number of anilines is 1. The average molecular weight is 237 g/mol. The summed E-state index contributed by atoms with van der Waals surface area (Å²) in [6, 6.07) is 1.60. The van der Waals surface area contributed by atoms with Crippen molar-refractivity contribution in [2.45, 2.75) is 12.5 Å². The molecule has 1 aromatic rings. The molecule has 1 aliphatic heterocycles. The van der Waals surface area contributed by atoms with Crippen LogP contribution in [0.5, 0.6) is 0 Å². The maximum absolute atomic E-state index is 8.59. The van der Waals surface area contributed by atoms with Gasteiger partial charge in [0.05, 0.1) is 6.10 Å². The van der Waals surface area contributed by atoms with Gasteiger partial charge in [0.2, 0.25) is 5.95 Å². The largest absolute Gasteiger partial charge is 0.409 e. The highest BCUT2D eigenvalue weighted by Crippen LogP contribution is 2.17. The van der Waals surface area contributed by atoms with Gasteiger partial charge in [0, 0.05) is 26.4 Å². The molecule has 0 saturated carbocycles. The van der Waals surface area contributed by atoms with E-state index >= 15 is 0 Å². The molecule has 1 unspecified atom stereocenters. The van der Waals surface area contributed by atoms with Crippen LogP contribution in [-0.2, 0) is 4.74 Å². The molecule has 3 N–H and O–H groups in total. The minimum absolute atomic E-state index is 0.0175. The predicted octanol–water partition coefficient (Wildman–Crippen LogP) is -0.204. The maximum atomic E-state index is 8.59. The van der Waals surface area contributed by atoms with Crippen LogP contribution < -0.4 is 10.6 Å². The summed E-state index contributed by atoms with van der Waals surface area (Å²) in [5, 5.41) is 11.5. The van der Waals surface area contributed by atoms with Gasteiger partial charge in [-0.15, -0.1) is 0 Å². The van der Waals surface area contributed by atoms with Crippen molar-refractivity contribution in [2.24, 2.45) is 10.9 Å². The third-order valence-corrected chi connectivity index (χ3v) is 2.77. The fraction of sp³-hybridized carbons (Fsp3) is 0.500. The van der Waals surface area contributed by atoms with Gasteiger partial charge in [-0.25, -0.2) is 9.97 Å². The molecule has 0 aliphatic carbocycles. The van der Waals surface area contributed by atoms with Crippen LogP contribution in [0.25, 0.3) is 0 Å². The second kappa shape index (κ2) is 4.96. The summed E-state index contributed by atoms with van der Waals surface area (Å²) in [5.74, 6) is 0.560. The normalized spacial score (nSPS) is 20.9. The van der Waals surface area contributed by atoms with Crippen molar-refractivity contribution in [3.63, 3.8) is 0 Å². The van der Waals surface area contributed by atoms with Crippen molar-refractivity contribution in [1.29, 1.82) is 0 Å². The number of nitrogens with two attached hydrogens (primary N) is 1. The van der Waals surface area contributed by atoms with Crippen LogP contribution in [0, 0.1) is 0 Å². The maximum Gasteiger partial charge on any atom is 0.226 e. The van der Waals surface area contributed by atoms with Crippen molar-refractivity contribution in [2.75, 3.05) is 25.1 Å². The lowest BCUT2D eigenvalue weighted by Crippen LogP contribution is -2.25. The molecule has 1 aliphatic rings. The summed E-state index contributed by atoms with van der Waals surface area (Å²) in [6.07, 6.45) is 2.76. The molecule has 0 spiro atoms. The fourth-order valence-corrected chi connectivity index (χ4v) is 1.80. The summed E-state index contributed by atoms with van der Waals surface area (Å²) in [7, 11) is 1.70. The first-order valence-corrected chi connectivity index (χ1v) is 5.33. The van der Waals surface area contributed by atoms with E-state index in [4.69, 9.17) is 15.7 Å². The first kappa shape index (κ1) is 11.6. The number of ether oxygens (including phenoxy) is 1. The van der Waals surface area contributed by atoms with E-state index in [1.165, 1.54) is 0 Å². The molecule has 7 nitrogen and oxygen atoms in total. The van der Waals surface area contributed by atoms with Crippen LogP contribution >= 0.6 is 0 Å². The van der Waals surface area contributed by atoms with Gasteiger partial charge in [-0.1, -0.05) is 5.16 Å². The molecule has 0 bridgehead atoms. The molecule has 0 amide bonds. The molecule has 1 saturated heterocycles. The van der Waals surface area contributed by atoms with Gasteiger partial charge in [-0.3, -0.25) is 0 Å². The lowest BCUT2D eigenvalue weighted by atomic mass is 10.3. The molecule has 7 heteroatoms. The molecule has 0 radical (unpaired) electrons. The van der Waals surface area contributed by atoms with Crippen molar-refractivity contribution in [1.82, 2.24) is 9.97 Å². The van der Waals surface area contributed by atoms with Gasteiger partial charge in [-0.2, -0.15) is 0 Å². The zero-order valence-electron chi connectivity index (χ0n) is 9.58. The van der Waals surface area contributed by atoms with Crippen LogP contribution in [0.3, 0.4) is 0 Å². The van der Waals surface area contributed by atoms with E-state index in [1.54, 1.807) is 19.4 Å². The van der Waals surface area contributed by atoms with Crippen LogP contribution in [0.2, 0.25) is 0 Å². The van der Waals surface area contributed by atoms with Crippen LogP contribution in [0.15, 0.2) is 17.4 Å². The quantitative estimate of drug-likeness (QED) is 0.327. The van der Waals surface area contributed by atoms with Crippen molar-refractivity contribution in [3.8, 4) is 0 Å². The second-order valence-corrected chi connectivity index (χ2v) is 3.82. The smallest absolute Gasteiger partial charge is 0.226 e. The van der Waals surface area contributed by atoms with Gasteiger partial charge in [0.15, 0.2) is 5.84 Å². The van der Waals surface area contributed by atoms with Crippen molar-refractivity contribution >= 4 is 11.8 Å². The summed E-state index contributed by atoms with van der Waals surface area (Å²) >= 11 is 0. The van der Waals surface area contributed by atoms with E-state index in [2.05, 4.69) is 15.1 Å². The predicted molar refractivity (Wildman–Crippen MR) is 62.2 cm³/mol. The number of oxime groups is 1. The van der Waals surface area contributed by atoms with Gasteiger partial charge < -0.3 is 20.6 Å².